The van der Waals surface area contributed by atoms with Crippen LogP contribution in [0.3, 0.4) is 0 Å². The Labute approximate surface area is 155 Å². The molecule has 3 heterocycles. The van der Waals surface area contributed by atoms with Gasteiger partial charge in [0.15, 0.2) is 5.13 Å². The number of carbonyl (C=O) groups excluding carboxylic acids is 1. The maximum absolute atomic E-state index is 11.9. The highest BCUT2D eigenvalue weighted by molar-refractivity contribution is 7.22. The van der Waals surface area contributed by atoms with Crippen molar-refractivity contribution in [2.75, 3.05) is 5.32 Å². The number of aryl methyl sites for hydroxylation is 1. The minimum Gasteiger partial charge on any atom is -0.346 e. The summed E-state index contributed by atoms with van der Waals surface area (Å²) < 4.78 is 1.05. The van der Waals surface area contributed by atoms with Gasteiger partial charge in [-0.05, 0) is 42.7 Å². The van der Waals surface area contributed by atoms with Crippen LogP contribution in [-0.4, -0.2) is 20.9 Å². The summed E-state index contributed by atoms with van der Waals surface area (Å²) in [5, 5.41) is 4.70. The van der Waals surface area contributed by atoms with Gasteiger partial charge in [-0.15, -0.1) is 0 Å². The molecule has 26 heavy (non-hydrogen) atoms. The third-order valence-corrected chi connectivity index (χ3v) is 5.40. The summed E-state index contributed by atoms with van der Waals surface area (Å²) in [5.74, 6) is 0.0312. The number of aromatic amines is 1. The van der Waals surface area contributed by atoms with Crippen molar-refractivity contribution in [1.29, 1.82) is 0 Å². The van der Waals surface area contributed by atoms with Crippen LogP contribution >= 0.6 is 11.3 Å². The first-order chi connectivity index (χ1) is 12.6. The summed E-state index contributed by atoms with van der Waals surface area (Å²) in [6, 6.07) is 8.32. The average molecular weight is 364 g/mol. The van der Waals surface area contributed by atoms with E-state index in [0.29, 0.717) is 11.6 Å². The molecule has 2 N–H and O–H groups in total. The number of unbranched alkanes of at least 4 members (excludes halogenated alkanes) is 1. The minimum absolute atomic E-state index is 0.0312. The maximum atomic E-state index is 11.9. The first-order valence-corrected chi connectivity index (χ1v) is 9.60. The van der Waals surface area contributed by atoms with Crippen LogP contribution in [0.4, 0.5) is 5.13 Å². The molecule has 3 aromatic heterocycles. The molecule has 0 aliphatic heterocycles. The Morgan fingerprint density at radius 3 is 3.00 bits per heavy atom. The number of hydrogen-bond donors (Lipinski definition) is 2. The van der Waals surface area contributed by atoms with Gasteiger partial charge in [0.2, 0.25) is 5.91 Å². The normalized spacial score (nSPS) is 11.3. The third-order valence-electron chi connectivity index (χ3n) is 4.46. The number of H-pyrrole nitrogens is 1. The van der Waals surface area contributed by atoms with Gasteiger partial charge in [-0.1, -0.05) is 30.7 Å². The number of fused-ring (bicyclic) bond motifs is 2. The van der Waals surface area contributed by atoms with Crippen LogP contribution in [0.5, 0.6) is 0 Å². The molecule has 0 unspecified atom stereocenters. The van der Waals surface area contributed by atoms with Crippen molar-refractivity contribution in [1.82, 2.24) is 15.0 Å². The summed E-state index contributed by atoms with van der Waals surface area (Å²) in [4.78, 5) is 24.1. The van der Waals surface area contributed by atoms with Crippen molar-refractivity contribution in [3.05, 3.63) is 42.2 Å². The number of benzene rings is 1. The number of thiazole rings is 1. The van der Waals surface area contributed by atoms with Crippen LogP contribution in [-0.2, 0) is 4.79 Å². The van der Waals surface area contributed by atoms with Crippen LogP contribution in [0, 0.1) is 6.92 Å². The molecule has 132 valence electrons. The van der Waals surface area contributed by atoms with E-state index in [1.807, 2.05) is 18.5 Å². The summed E-state index contributed by atoms with van der Waals surface area (Å²) in [7, 11) is 0. The van der Waals surface area contributed by atoms with Crippen LogP contribution in [0.1, 0.15) is 31.7 Å². The molecule has 0 atom stereocenters. The lowest BCUT2D eigenvalue weighted by atomic mass is 10.1. The fraction of sp³-hybridized carbons (Fsp3) is 0.250. The SMILES string of the molecule is CCCCC(=O)Nc1nc2ccc(-c3cnc4[nH]cc(C)c4c3)cc2s1. The predicted octanol–water partition coefficient (Wildman–Crippen LogP) is 5.28. The van der Waals surface area contributed by atoms with Crippen molar-refractivity contribution in [3.63, 3.8) is 0 Å². The molecule has 0 fully saturated rings. The lowest BCUT2D eigenvalue weighted by molar-refractivity contribution is -0.116. The van der Waals surface area contributed by atoms with Gasteiger partial charge in [0.1, 0.15) is 5.65 Å². The number of rotatable bonds is 5. The standard InChI is InChI=1S/C20H20N4OS/c1-3-4-5-18(25)24-20-23-16-7-6-13(9-17(16)26-20)14-8-15-12(2)10-21-19(15)22-11-14/h6-11H,3-5H2,1-2H3,(H,21,22)(H,23,24,25). The first kappa shape index (κ1) is 16.7. The Kier molecular flexibility index (Phi) is 4.42. The molecule has 0 saturated heterocycles. The largest absolute Gasteiger partial charge is 0.346 e. The number of pyridine rings is 1. The topological polar surface area (TPSA) is 70.7 Å². The Bertz CT molecular complexity index is 1100. The Balaban J connectivity index is 1.64. The molecule has 0 saturated carbocycles. The number of hydrogen-bond acceptors (Lipinski definition) is 4. The molecule has 0 bridgehead atoms. The third kappa shape index (κ3) is 3.20. The van der Waals surface area contributed by atoms with Crippen LogP contribution in [0.15, 0.2) is 36.7 Å². The van der Waals surface area contributed by atoms with E-state index >= 15 is 0 Å². The van der Waals surface area contributed by atoms with E-state index < -0.39 is 0 Å². The zero-order chi connectivity index (χ0) is 18.1. The van der Waals surface area contributed by atoms with E-state index in [-0.39, 0.29) is 5.91 Å². The van der Waals surface area contributed by atoms with Crippen LogP contribution in [0.2, 0.25) is 0 Å². The van der Waals surface area contributed by atoms with Crippen molar-refractivity contribution in [2.24, 2.45) is 0 Å². The molecule has 6 heteroatoms. The summed E-state index contributed by atoms with van der Waals surface area (Å²) in [5.41, 5.74) is 5.16. The van der Waals surface area contributed by atoms with Gasteiger partial charge in [0, 0.05) is 29.8 Å². The lowest BCUT2D eigenvalue weighted by Gasteiger charge is -2.02. The van der Waals surface area contributed by atoms with Crippen LogP contribution < -0.4 is 5.32 Å². The molecule has 0 spiro atoms. The highest BCUT2D eigenvalue weighted by Gasteiger charge is 2.10. The molecule has 5 nitrogen and oxygen atoms in total. The molecule has 4 rings (SSSR count). The second-order valence-corrected chi connectivity index (χ2v) is 7.48. The molecule has 0 aliphatic rings. The minimum atomic E-state index is 0.0312. The Morgan fingerprint density at radius 2 is 2.15 bits per heavy atom. The van der Waals surface area contributed by atoms with Gasteiger partial charge in [-0.2, -0.15) is 0 Å². The summed E-state index contributed by atoms with van der Waals surface area (Å²) >= 11 is 1.51. The van der Waals surface area contributed by atoms with E-state index in [1.54, 1.807) is 0 Å². The molecular formula is C20H20N4OS. The van der Waals surface area contributed by atoms with Crippen molar-refractivity contribution in [2.45, 2.75) is 33.1 Å². The lowest BCUT2D eigenvalue weighted by Crippen LogP contribution is -2.10. The summed E-state index contributed by atoms with van der Waals surface area (Å²) in [6.45, 7) is 4.15. The Morgan fingerprint density at radius 1 is 1.27 bits per heavy atom. The molecule has 1 aromatic carbocycles. The fourth-order valence-electron chi connectivity index (χ4n) is 2.97. The zero-order valence-electron chi connectivity index (χ0n) is 14.8. The van der Waals surface area contributed by atoms with E-state index in [1.165, 1.54) is 16.9 Å². The Hall–Kier alpha value is -2.73. The van der Waals surface area contributed by atoms with E-state index in [2.05, 4.69) is 52.3 Å². The van der Waals surface area contributed by atoms with Gasteiger partial charge < -0.3 is 10.3 Å². The van der Waals surface area contributed by atoms with Gasteiger partial charge in [0.25, 0.3) is 0 Å². The van der Waals surface area contributed by atoms with Crippen molar-refractivity contribution >= 4 is 43.6 Å². The highest BCUT2D eigenvalue weighted by Crippen LogP contribution is 2.31. The highest BCUT2D eigenvalue weighted by atomic mass is 32.1. The second-order valence-electron chi connectivity index (χ2n) is 6.45. The van der Waals surface area contributed by atoms with Gasteiger partial charge >= 0.3 is 0 Å². The van der Waals surface area contributed by atoms with E-state index in [0.717, 1.165) is 45.2 Å². The van der Waals surface area contributed by atoms with Gasteiger partial charge in [-0.25, -0.2) is 9.97 Å². The maximum Gasteiger partial charge on any atom is 0.226 e. The van der Waals surface area contributed by atoms with Gasteiger partial charge in [-0.3, -0.25) is 4.79 Å². The number of nitrogens with zero attached hydrogens (tertiary/aromatic N) is 2. The first-order valence-electron chi connectivity index (χ1n) is 8.78. The van der Waals surface area contributed by atoms with Gasteiger partial charge in [0.05, 0.1) is 10.2 Å². The van der Waals surface area contributed by atoms with Crippen LogP contribution in [0.25, 0.3) is 32.4 Å². The number of aromatic nitrogens is 3. The quantitative estimate of drug-likeness (QED) is 0.506. The monoisotopic (exact) mass is 364 g/mol. The second kappa shape index (κ2) is 6.88. The molecule has 0 radical (unpaired) electrons. The molecule has 0 aliphatic carbocycles. The molecule has 4 aromatic rings. The average Bonchev–Trinajstić information content (AvgIpc) is 3.22. The zero-order valence-corrected chi connectivity index (χ0v) is 15.6. The molecular weight excluding hydrogens is 344 g/mol. The number of carbonyl (C=O) groups is 1. The van der Waals surface area contributed by atoms with Crippen molar-refractivity contribution in [3.8, 4) is 11.1 Å². The molecule has 1 amide bonds. The number of anilines is 1. The fourth-order valence-corrected chi connectivity index (χ4v) is 3.89. The van der Waals surface area contributed by atoms with E-state index in [9.17, 15) is 4.79 Å². The van der Waals surface area contributed by atoms with E-state index in [4.69, 9.17) is 0 Å². The number of amides is 1. The summed E-state index contributed by atoms with van der Waals surface area (Å²) in [6.07, 6.45) is 6.30. The predicted molar refractivity (Wildman–Crippen MR) is 108 cm³/mol. The van der Waals surface area contributed by atoms with Crippen molar-refractivity contribution < 1.29 is 4.79 Å². The number of nitrogens with one attached hydrogen (secondary N) is 2. The smallest absolute Gasteiger partial charge is 0.226 e.